The van der Waals surface area contributed by atoms with Gasteiger partial charge in [0.05, 0.1) is 33.4 Å². The summed E-state index contributed by atoms with van der Waals surface area (Å²) in [6.45, 7) is 3.89. The van der Waals surface area contributed by atoms with Gasteiger partial charge in [0.1, 0.15) is 10.8 Å². The molecule has 3 rings (SSSR count). The first kappa shape index (κ1) is 19.8. The first-order chi connectivity index (χ1) is 12.2. The fourth-order valence-electron chi connectivity index (χ4n) is 3.15. The summed E-state index contributed by atoms with van der Waals surface area (Å²) in [7, 11) is 0. The molecule has 0 bridgehead atoms. The lowest BCUT2D eigenvalue weighted by Gasteiger charge is -2.12. The molecule has 0 N–H and O–H groups in total. The van der Waals surface area contributed by atoms with Gasteiger partial charge in [-0.25, -0.2) is 9.97 Å². The number of carbonyl (C=O) groups excluding carboxylic acids is 1. The van der Waals surface area contributed by atoms with E-state index in [1.807, 2.05) is 19.2 Å². The van der Waals surface area contributed by atoms with Crippen LogP contribution in [0, 0.1) is 19.8 Å². The second-order valence-corrected chi connectivity index (χ2v) is 9.91. The first-order valence-corrected chi connectivity index (χ1v) is 11.1. The molecule has 1 aliphatic carbocycles. The Balaban J connectivity index is 1.55. The summed E-state index contributed by atoms with van der Waals surface area (Å²) in [6.07, 6.45) is -1.97. The van der Waals surface area contributed by atoms with Crippen LogP contribution < -0.4 is 0 Å². The maximum Gasteiger partial charge on any atom is 0.397 e. The van der Waals surface area contributed by atoms with Crippen molar-refractivity contribution in [1.29, 1.82) is 0 Å². The number of Topliss-reactive ketones (excluding diaryl/α,β-unsaturated/α-hetero) is 1. The van der Waals surface area contributed by atoms with E-state index < -0.39 is 11.9 Å². The third-order valence-electron chi connectivity index (χ3n) is 4.34. The lowest BCUT2D eigenvalue weighted by molar-refractivity contribution is -0.122. The molecule has 2 aromatic rings. The van der Waals surface area contributed by atoms with Gasteiger partial charge >= 0.3 is 6.18 Å². The van der Waals surface area contributed by atoms with Gasteiger partial charge in [0.25, 0.3) is 0 Å². The molecule has 0 amide bonds. The Morgan fingerprint density at radius 2 is 2.08 bits per heavy atom. The van der Waals surface area contributed by atoms with Gasteiger partial charge in [0.2, 0.25) is 0 Å². The van der Waals surface area contributed by atoms with Crippen molar-refractivity contribution in [1.82, 2.24) is 9.97 Å². The van der Waals surface area contributed by atoms with Crippen LogP contribution in [0.15, 0.2) is 5.38 Å². The minimum atomic E-state index is -4.14. The van der Waals surface area contributed by atoms with Crippen LogP contribution in [0.4, 0.5) is 13.2 Å². The van der Waals surface area contributed by atoms with Crippen molar-refractivity contribution < 1.29 is 18.0 Å². The minimum Gasteiger partial charge on any atom is -0.299 e. The van der Waals surface area contributed by atoms with E-state index in [1.54, 1.807) is 11.3 Å². The average Bonchev–Trinajstić information content (AvgIpc) is 3.24. The molecular weight excluding hydrogens is 401 g/mol. The van der Waals surface area contributed by atoms with Crippen molar-refractivity contribution in [3.63, 3.8) is 0 Å². The van der Waals surface area contributed by atoms with Gasteiger partial charge in [0.15, 0.2) is 0 Å². The number of nitrogens with zero attached hydrogens (tertiary/aromatic N) is 2. The van der Waals surface area contributed by atoms with E-state index in [2.05, 4.69) is 9.97 Å². The van der Waals surface area contributed by atoms with E-state index in [0.29, 0.717) is 19.3 Å². The highest BCUT2D eigenvalue weighted by atomic mass is 32.2. The Morgan fingerprint density at radius 3 is 2.73 bits per heavy atom. The SMILES string of the molecule is Cc1nc(C)c(-c2csc(CC(=O)[C@H]3CC[C@H](SCC(F)(F)F)C3)n2)s1. The zero-order chi connectivity index (χ0) is 18.9. The summed E-state index contributed by atoms with van der Waals surface area (Å²) in [5, 5.41) is 3.62. The van der Waals surface area contributed by atoms with Crippen LogP contribution in [0.3, 0.4) is 0 Å². The Labute approximate surface area is 162 Å². The number of hydrogen-bond donors (Lipinski definition) is 0. The molecule has 1 saturated carbocycles. The summed E-state index contributed by atoms with van der Waals surface area (Å²) >= 11 is 3.97. The Kier molecular flexibility index (Phi) is 6.08. The summed E-state index contributed by atoms with van der Waals surface area (Å²) in [4.78, 5) is 22.5. The molecule has 0 spiro atoms. The highest BCUT2D eigenvalue weighted by molar-refractivity contribution is 7.99. The number of aryl methyl sites for hydroxylation is 2. The smallest absolute Gasteiger partial charge is 0.299 e. The largest absolute Gasteiger partial charge is 0.397 e. The third-order valence-corrected chi connectivity index (χ3v) is 7.67. The average molecular weight is 421 g/mol. The molecule has 9 heteroatoms. The van der Waals surface area contributed by atoms with E-state index in [4.69, 9.17) is 0 Å². The Bertz CT molecular complexity index is 785. The minimum absolute atomic E-state index is 0.0692. The monoisotopic (exact) mass is 420 g/mol. The van der Waals surface area contributed by atoms with Crippen LogP contribution in [0.5, 0.6) is 0 Å². The molecule has 0 unspecified atom stereocenters. The van der Waals surface area contributed by atoms with Gasteiger partial charge in [-0.15, -0.1) is 34.4 Å². The first-order valence-electron chi connectivity index (χ1n) is 8.31. The predicted molar refractivity (Wildman–Crippen MR) is 101 cm³/mol. The number of thiazole rings is 2. The van der Waals surface area contributed by atoms with Gasteiger partial charge in [-0.05, 0) is 33.1 Å². The summed E-state index contributed by atoms with van der Waals surface area (Å²) < 4.78 is 37.0. The van der Waals surface area contributed by atoms with Crippen LogP contribution in [0.2, 0.25) is 0 Å². The molecule has 0 aromatic carbocycles. The van der Waals surface area contributed by atoms with Crippen molar-refractivity contribution >= 4 is 40.2 Å². The Morgan fingerprint density at radius 1 is 1.31 bits per heavy atom. The molecule has 1 fully saturated rings. The Hall–Kier alpha value is -0.930. The second kappa shape index (κ2) is 7.98. The summed E-state index contributed by atoms with van der Waals surface area (Å²) in [5.74, 6) is -0.874. The van der Waals surface area contributed by atoms with Crippen LogP contribution in [0.1, 0.15) is 35.0 Å². The number of alkyl halides is 3. The molecule has 0 radical (unpaired) electrons. The molecule has 3 nitrogen and oxygen atoms in total. The normalized spacial score (nSPS) is 20.7. The van der Waals surface area contributed by atoms with Gasteiger partial charge < -0.3 is 0 Å². The highest BCUT2D eigenvalue weighted by Crippen LogP contribution is 2.38. The zero-order valence-corrected chi connectivity index (χ0v) is 16.9. The maximum atomic E-state index is 12.5. The predicted octanol–water partition coefficient (Wildman–Crippen LogP) is 5.46. The van der Waals surface area contributed by atoms with E-state index in [-0.39, 0.29) is 23.4 Å². The second-order valence-electron chi connectivity index (χ2n) is 6.48. The standard InChI is InChI=1S/C17H19F3N2OS3/c1-9-16(26-10(2)21-9)13-7-24-15(22-13)6-14(23)11-3-4-12(5-11)25-8-17(18,19)20/h7,11-12H,3-6,8H2,1-2H3/t11-,12-/m0/s1. The van der Waals surface area contributed by atoms with Gasteiger partial charge in [-0.2, -0.15) is 13.2 Å². The lowest BCUT2D eigenvalue weighted by Crippen LogP contribution is -2.16. The number of thioether (sulfide) groups is 1. The van der Waals surface area contributed by atoms with Crippen LogP contribution in [-0.4, -0.2) is 32.9 Å². The molecule has 2 heterocycles. The van der Waals surface area contributed by atoms with Crippen LogP contribution >= 0.6 is 34.4 Å². The van der Waals surface area contributed by atoms with E-state index in [0.717, 1.165) is 38.0 Å². The summed E-state index contributed by atoms with van der Waals surface area (Å²) in [5.41, 5.74) is 1.79. The number of aromatic nitrogens is 2. The molecule has 1 aliphatic rings. The van der Waals surface area contributed by atoms with Gasteiger partial charge in [0, 0.05) is 16.5 Å². The van der Waals surface area contributed by atoms with Crippen LogP contribution in [-0.2, 0) is 11.2 Å². The molecule has 26 heavy (non-hydrogen) atoms. The third kappa shape index (κ3) is 5.07. The van der Waals surface area contributed by atoms with E-state index >= 15 is 0 Å². The zero-order valence-electron chi connectivity index (χ0n) is 14.4. The van der Waals surface area contributed by atoms with Crippen LogP contribution in [0.25, 0.3) is 10.6 Å². The van der Waals surface area contributed by atoms with Crippen molar-refractivity contribution in [2.45, 2.75) is 51.0 Å². The van der Waals surface area contributed by atoms with Crippen molar-refractivity contribution in [3.05, 3.63) is 21.1 Å². The maximum absolute atomic E-state index is 12.5. The molecular formula is C17H19F3N2OS3. The van der Waals surface area contributed by atoms with Crippen molar-refractivity contribution in [2.75, 3.05) is 5.75 Å². The lowest BCUT2D eigenvalue weighted by atomic mass is 10.0. The number of rotatable bonds is 6. The molecule has 0 saturated heterocycles. The summed E-state index contributed by atoms with van der Waals surface area (Å²) in [6, 6.07) is 0. The quantitative estimate of drug-likeness (QED) is 0.622. The van der Waals surface area contributed by atoms with E-state index in [1.165, 1.54) is 11.3 Å². The molecule has 2 atom stereocenters. The molecule has 2 aromatic heterocycles. The number of ketones is 1. The van der Waals surface area contributed by atoms with Crippen molar-refractivity contribution in [3.8, 4) is 10.6 Å². The van der Waals surface area contributed by atoms with Gasteiger partial charge in [-0.3, -0.25) is 4.79 Å². The molecule has 142 valence electrons. The highest BCUT2D eigenvalue weighted by Gasteiger charge is 2.34. The molecule has 0 aliphatic heterocycles. The topological polar surface area (TPSA) is 42.9 Å². The fourth-order valence-corrected chi connectivity index (χ4v) is 6.00. The number of carbonyl (C=O) groups is 1. The number of halogens is 3. The fraction of sp³-hybridized carbons (Fsp3) is 0.588. The van der Waals surface area contributed by atoms with Crippen molar-refractivity contribution in [2.24, 2.45) is 5.92 Å². The van der Waals surface area contributed by atoms with Gasteiger partial charge in [-0.1, -0.05) is 0 Å². The number of hydrogen-bond acceptors (Lipinski definition) is 6. The van der Waals surface area contributed by atoms with E-state index in [9.17, 15) is 18.0 Å².